The molecule has 0 aromatic carbocycles. The SMILES string of the molecule is CCC[CH2][Sn]([CH2]CCC)([CH2]CCC)[c]1cc(OC)nc(OC)n1. The predicted molar refractivity (Wildman–Crippen MR) is 99.7 cm³/mol. The van der Waals surface area contributed by atoms with Gasteiger partial charge in [-0.2, -0.15) is 0 Å². The summed E-state index contributed by atoms with van der Waals surface area (Å²) in [7, 11) is 3.31. The van der Waals surface area contributed by atoms with Gasteiger partial charge >= 0.3 is 146 Å². The Balaban J connectivity index is 3.26. The van der Waals surface area contributed by atoms with Crippen LogP contribution in [0.3, 0.4) is 0 Å². The van der Waals surface area contributed by atoms with Crippen molar-refractivity contribution in [1.29, 1.82) is 0 Å². The average Bonchev–Trinajstić information content (AvgIpc) is 2.60. The van der Waals surface area contributed by atoms with Gasteiger partial charge in [-0.05, 0) is 0 Å². The Labute approximate surface area is 146 Å². The summed E-state index contributed by atoms with van der Waals surface area (Å²) in [6.07, 6.45) is 7.73. The normalized spacial score (nSPS) is 11.5. The molecule has 132 valence electrons. The second-order valence-electron chi connectivity index (χ2n) is 6.37. The Hall–Kier alpha value is -0.521. The van der Waals surface area contributed by atoms with E-state index in [1.807, 2.05) is 0 Å². The van der Waals surface area contributed by atoms with Crippen LogP contribution in [0.4, 0.5) is 0 Å². The number of nitrogens with zero attached hydrogens (tertiary/aromatic N) is 2. The van der Waals surface area contributed by atoms with E-state index >= 15 is 0 Å². The molecule has 1 aromatic rings. The second-order valence-corrected chi connectivity index (χ2v) is 19.4. The van der Waals surface area contributed by atoms with Crippen molar-refractivity contribution < 1.29 is 9.47 Å². The molecule has 0 fully saturated rings. The maximum absolute atomic E-state index is 5.41. The average molecular weight is 429 g/mol. The minimum atomic E-state index is -2.54. The zero-order valence-electron chi connectivity index (χ0n) is 15.7. The van der Waals surface area contributed by atoms with E-state index in [-0.39, 0.29) is 0 Å². The molecule has 0 saturated carbocycles. The Morgan fingerprint density at radius 2 is 1.35 bits per heavy atom. The van der Waals surface area contributed by atoms with E-state index < -0.39 is 18.4 Å². The summed E-state index contributed by atoms with van der Waals surface area (Å²) in [4.78, 5) is 9.11. The van der Waals surface area contributed by atoms with Crippen molar-refractivity contribution in [3.63, 3.8) is 0 Å². The summed E-state index contributed by atoms with van der Waals surface area (Å²) in [5.41, 5.74) is 0. The molecule has 0 N–H and O–H groups in total. The molecule has 0 atom stereocenters. The van der Waals surface area contributed by atoms with Crippen molar-refractivity contribution in [3.05, 3.63) is 6.07 Å². The molecule has 0 aliphatic carbocycles. The van der Waals surface area contributed by atoms with Crippen molar-refractivity contribution in [2.75, 3.05) is 14.2 Å². The molecule has 1 rings (SSSR count). The van der Waals surface area contributed by atoms with Crippen molar-refractivity contribution in [2.24, 2.45) is 0 Å². The van der Waals surface area contributed by atoms with Crippen LogP contribution in [0.25, 0.3) is 0 Å². The van der Waals surface area contributed by atoms with Crippen LogP contribution >= 0.6 is 0 Å². The van der Waals surface area contributed by atoms with E-state index in [1.54, 1.807) is 14.2 Å². The number of hydrogen-bond acceptors (Lipinski definition) is 4. The second kappa shape index (κ2) is 11.1. The zero-order valence-corrected chi connectivity index (χ0v) is 18.5. The Morgan fingerprint density at radius 3 is 1.74 bits per heavy atom. The maximum atomic E-state index is 5.41. The first-order valence-corrected chi connectivity index (χ1v) is 16.6. The summed E-state index contributed by atoms with van der Waals surface area (Å²) >= 11 is -2.54. The molecule has 1 heterocycles. The monoisotopic (exact) mass is 430 g/mol. The van der Waals surface area contributed by atoms with Crippen LogP contribution in [0.15, 0.2) is 6.07 Å². The third-order valence-corrected chi connectivity index (χ3v) is 19.7. The van der Waals surface area contributed by atoms with Gasteiger partial charge in [0.25, 0.3) is 0 Å². The summed E-state index contributed by atoms with van der Waals surface area (Å²) < 4.78 is 16.2. The van der Waals surface area contributed by atoms with E-state index in [2.05, 4.69) is 31.8 Å². The predicted octanol–water partition coefficient (Wildman–Crippen LogP) is 4.55. The van der Waals surface area contributed by atoms with Gasteiger partial charge in [0, 0.05) is 0 Å². The topological polar surface area (TPSA) is 44.2 Å². The van der Waals surface area contributed by atoms with Crippen LogP contribution in [0.5, 0.6) is 11.9 Å². The number of rotatable bonds is 12. The summed E-state index contributed by atoms with van der Waals surface area (Å²) in [5, 5.41) is 0. The molecular weight excluding hydrogens is 395 g/mol. The van der Waals surface area contributed by atoms with Crippen molar-refractivity contribution in [1.82, 2.24) is 9.97 Å². The van der Waals surface area contributed by atoms with Gasteiger partial charge in [0.05, 0.1) is 0 Å². The van der Waals surface area contributed by atoms with Crippen LogP contribution in [0.2, 0.25) is 13.3 Å². The van der Waals surface area contributed by atoms with Gasteiger partial charge in [0.15, 0.2) is 0 Å². The van der Waals surface area contributed by atoms with Crippen LogP contribution < -0.4 is 13.2 Å². The van der Waals surface area contributed by atoms with Gasteiger partial charge in [-0.3, -0.25) is 0 Å². The van der Waals surface area contributed by atoms with E-state index in [0.717, 1.165) is 0 Å². The Kier molecular flexibility index (Phi) is 9.91. The van der Waals surface area contributed by atoms with Crippen molar-refractivity contribution in [3.8, 4) is 11.9 Å². The molecule has 4 nitrogen and oxygen atoms in total. The van der Waals surface area contributed by atoms with Gasteiger partial charge in [-0.1, -0.05) is 0 Å². The fourth-order valence-electron chi connectivity index (χ4n) is 3.18. The zero-order chi connectivity index (χ0) is 17.1. The fourth-order valence-corrected chi connectivity index (χ4v) is 18.5. The molecule has 23 heavy (non-hydrogen) atoms. The van der Waals surface area contributed by atoms with Crippen molar-refractivity contribution >= 4 is 22.1 Å². The number of aromatic nitrogens is 2. The standard InChI is InChI=1S/C6H7N2O2.3C4H9.Sn/c1-9-5-3-4-7-6(8-5)10-2;3*1-3-4-2;/h3H,1-2H3;3*1,3-4H2,2H3;. The summed E-state index contributed by atoms with van der Waals surface area (Å²) in [6, 6.07) is 2.57. The molecule has 5 heteroatoms. The van der Waals surface area contributed by atoms with Gasteiger partial charge in [0.2, 0.25) is 0 Å². The molecule has 0 saturated heterocycles. The summed E-state index contributed by atoms with van der Waals surface area (Å²) in [6.45, 7) is 6.87. The van der Waals surface area contributed by atoms with Crippen LogP contribution in [0, 0.1) is 0 Å². The Morgan fingerprint density at radius 1 is 0.826 bits per heavy atom. The molecule has 0 aliphatic heterocycles. The van der Waals surface area contributed by atoms with Gasteiger partial charge in [-0.25, -0.2) is 0 Å². The molecule has 0 spiro atoms. The molecule has 0 radical (unpaired) electrons. The van der Waals surface area contributed by atoms with Crippen molar-refractivity contribution in [2.45, 2.75) is 72.6 Å². The molecule has 0 bridgehead atoms. The first kappa shape index (κ1) is 20.5. The molecule has 1 aromatic heterocycles. The molecule has 0 amide bonds. The molecule has 0 aliphatic rings. The number of ether oxygens (including phenoxy) is 2. The van der Waals surface area contributed by atoms with Crippen LogP contribution in [-0.2, 0) is 0 Å². The van der Waals surface area contributed by atoms with E-state index in [0.29, 0.717) is 11.9 Å². The number of unbranched alkanes of at least 4 members (excludes halogenated alkanes) is 3. The molecule has 0 unspecified atom stereocenters. The quantitative estimate of drug-likeness (QED) is 0.458. The Bertz CT molecular complexity index is 411. The van der Waals surface area contributed by atoms with E-state index in [9.17, 15) is 0 Å². The van der Waals surface area contributed by atoms with Gasteiger partial charge in [-0.15, -0.1) is 0 Å². The minimum absolute atomic E-state index is 0.463. The number of hydrogen-bond donors (Lipinski definition) is 0. The van der Waals surface area contributed by atoms with Crippen LogP contribution in [-0.4, -0.2) is 42.6 Å². The van der Waals surface area contributed by atoms with Gasteiger partial charge in [0.1, 0.15) is 0 Å². The first-order chi connectivity index (χ1) is 11.2. The third-order valence-electron chi connectivity index (χ3n) is 4.64. The summed E-state index contributed by atoms with van der Waals surface area (Å²) in [5.74, 6) is 0.650. The first-order valence-electron chi connectivity index (χ1n) is 9.13. The third kappa shape index (κ3) is 6.12. The molecular formula is C18H34N2O2Sn. The van der Waals surface area contributed by atoms with Crippen LogP contribution in [0.1, 0.15) is 59.3 Å². The van der Waals surface area contributed by atoms with E-state index in [1.165, 1.54) is 55.5 Å². The van der Waals surface area contributed by atoms with Gasteiger partial charge < -0.3 is 0 Å². The number of methoxy groups -OCH3 is 2. The van der Waals surface area contributed by atoms with E-state index in [4.69, 9.17) is 14.5 Å². The fraction of sp³-hybridized carbons (Fsp3) is 0.778.